The predicted octanol–water partition coefficient (Wildman–Crippen LogP) is 2.59. The molecule has 0 aliphatic rings. The molecule has 1 aromatic carbocycles. The average Bonchev–Trinajstić information content (AvgIpc) is 2.45. The zero-order chi connectivity index (χ0) is 15.8. The minimum Gasteiger partial charge on any atom is -0.355 e. The molecule has 0 aliphatic carbocycles. The van der Waals surface area contributed by atoms with Crippen molar-refractivity contribution < 1.29 is 14.0 Å². The van der Waals surface area contributed by atoms with Gasteiger partial charge in [0.15, 0.2) is 0 Å². The van der Waals surface area contributed by atoms with Crippen molar-refractivity contribution >= 4 is 33.8 Å². The summed E-state index contributed by atoms with van der Waals surface area (Å²) in [4.78, 5) is 24.6. The molecule has 0 radical (unpaired) electrons. The van der Waals surface area contributed by atoms with Gasteiger partial charge in [-0.05, 0) is 30.7 Å². The SMILES string of the molecule is CCCNC(=O)CN(C)C(=O)C=Cc1cc(Br)ccc1F. The molecule has 1 rings (SSSR count). The molecule has 0 saturated carbocycles. The number of nitrogens with zero attached hydrogens (tertiary/aromatic N) is 1. The summed E-state index contributed by atoms with van der Waals surface area (Å²) in [5, 5.41) is 2.69. The first-order chi connectivity index (χ1) is 9.93. The molecule has 0 saturated heterocycles. The maximum atomic E-state index is 13.5. The fraction of sp³-hybridized carbons (Fsp3) is 0.333. The van der Waals surface area contributed by atoms with E-state index in [1.807, 2.05) is 6.92 Å². The van der Waals surface area contributed by atoms with Crippen molar-refractivity contribution in [3.8, 4) is 0 Å². The van der Waals surface area contributed by atoms with Crippen LogP contribution in [0.4, 0.5) is 4.39 Å². The highest BCUT2D eigenvalue weighted by Crippen LogP contribution is 2.16. The van der Waals surface area contributed by atoms with Crippen LogP contribution in [-0.4, -0.2) is 36.9 Å². The van der Waals surface area contributed by atoms with Gasteiger partial charge in [0.25, 0.3) is 0 Å². The summed E-state index contributed by atoms with van der Waals surface area (Å²) in [6.45, 7) is 2.51. The van der Waals surface area contributed by atoms with Crippen molar-refractivity contribution in [3.63, 3.8) is 0 Å². The number of hydrogen-bond acceptors (Lipinski definition) is 2. The Morgan fingerprint density at radius 1 is 1.43 bits per heavy atom. The zero-order valence-corrected chi connectivity index (χ0v) is 13.6. The van der Waals surface area contributed by atoms with Gasteiger partial charge in [-0.3, -0.25) is 9.59 Å². The Morgan fingerprint density at radius 2 is 2.14 bits per heavy atom. The summed E-state index contributed by atoms with van der Waals surface area (Å²) < 4.78 is 14.2. The number of hydrogen-bond donors (Lipinski definition) is 1. The molecule has 4 nitrogen and oxygen atoms in total. The first-order valence-electron chi connectivity index (χ1n) is 6.59. The molecule has 1 aromatic rings. The number of benzene rings is 1. The molecule has 0 bridgehead atoms. The topological polar surface area (TPSA) is 49.4 Å². The van der Waals surface area contributed by atoms with Crippen LogP contribution < -0.4 is 5.32 Å². The predicted molar refractivity (Wildman–Crippen MR) is 84.1 cm³/mol. The van der Waals surface area contributed by atoms with Crippen LogP contribution in [0.5, 0.6) is 0 Å². The molecule has 114 valence electrons. The summed E-state index contributed by atoms with van der Waals surface area (Å²) >= 11 is 3.24. The summed E-state index contributed by atoms with van der Waals surface area (Å²) in [5.74, 6) is -0.985. The van der Waals surface area contributed by atoms with Gasteiger partial charge in [0, 0.05) is 29.7 Å². The quantitative estimate of drug-likeness (QED) is 0.796. The fourth-order valence-electron chi connectivity index (χ4n) is 1.54. The molecule has 0 fully saturated rings. The molecule has 0 heterocycles. The van der Waals surface area contributed by atoms with Crippen molar-refractivity contribution in [1.82, 2.24) is 10.2 Å². The Balaban J connectivity index is 2.61. The van der Waals surface area contributed by atoms with Crippen LogP contribution >= 0.6 is 15.9 Å². The van der Waals surface area contributed by atoms with E-state index in [1.54, 1.807) is 12.1 Å². The summed E-state index contributed by atoms with van der Waals surface area (Å²) in [6.07, 6.45) is 3.48. The van der Waals surface area contributed by atoms with Gasteiger partial charge in [-0.1, -0.05) is 22.9 Å². The minimum absolute atomic E-state index is 0.0237. The standard InChI is InChI=1S/C15H18BrFN2O2/c1-3-8-18-14(20)10-19(2)15(21)7-4-11-9-12(16)5-6-13(11)17/h4-7,9H,3,8,10H2,1-2H3,(H,18,20). The van der Waals surface area contributed by atoms with Crippen molar-refractivity contribution in [2.24, 2.45) is 0 Å². The Hall–Kier alpha value is -1.69. The third-order valence-corrected chi connectivity index (χ3v) is 3.19. The van der Waals surface area contributed by atoms with Gasteiger partial charge in [0.2, 0.25) is 11.8 Å². The molecular weight excluding hydrogens is 339 g/mol. The number of carbonyl (C=O) groups is 2. The molecule has 2 amide bonds. The molecule has 0 spiro atoms. The first-order valence-corrected chi connectivity index (χ1v) is 7.38. The van der Waals surface area contributed by atoms with E-state index in [2.05, 4.69) is 21.2 Å². The number of carbonyl (C=O) groups excluding carboxylic acids is 2. The number of amides is 2. The van der Waals surface area contributed by atoms with Crippen LogP contribution in [0, 0.1) is 5.82 Å². The Bertz CT molecular complexity index is 546. The van der Waals surface area contributed by atoms with Crippen LogP contribution in [0.25, 0.3) is 6.08 Å². The number of likely N-dealkylation sites (N-methyl/N-ethyl adjacent to an activating group) is 1. The van der Waals surface area contributed by atoms with Crippen LogP contribution in [-0.2, 0) is 9.59 Å². The van der Waals surface area contributed by atoms with Gasteiger partial charge in [-0.15, -0.1) is 0 Å². The third-order valence-electron chi connectivity index (χ3n) is 2.69. The molecule has 0 unspecified atom stereocenters. The van der Waals surface area contributed by atoms with Crippen molar-refractivity contribution in [2.75, 3.05) is 20.1 Å². The van der Waals surface area contributed by atoms with Crippen LogP contribution in [0.1, 0.15) is 18.9 Å². The van der Waals surface area contributed by atoms with Crippen LogP contribution in [0.3, 0.4) is 0 Å². The summed E-state index contributed by atoms with van der Waals surface area (Å²) in [5.41, 5.74) is 0.307. The van der Waals surface area contributed by atoms with E-state index >= 15 is 0 Å². The maximum absolute atomic E-state index is 13.5. The fourth-order valence-corrected chi connectivity index (χ4v) is 1.92. The lowest BCUT2D eigenvalue weighted by molar-refractivity contribution is -0.131. The summed E-state index contributed by atoms with van der Waals surface area (Å²) in [7, 11) is 1.52. The summed E-state index contributed by atoms with van der Waals surface area (Å²) in [6, 6.07) is 4.47. The number of halogens is 2. The first kappa shape index (κ1) is 17.4. The Labute approximate surface area is 132 Å². The average molecular weight is 357 g/mol. The van der Waals surface area contributed by atoms with Gasteiger partial charge in [-0.2, -0.15) is 0 Å². The lowest BCUT2D eigenvalue weighted by Gasteiger charge is -2.14. The highest BCUT2D eigenvalue weighted by Gasteiger charge is 2.10. The van der Waals surface area contributed by atoms with E-state index in [9.17, 15) is 14.0 Å². The van der Waals surface area contributed by atoms with Gasteiger partial charge in [0.1, 0.15) is 5.82 Å². The number of nitrogens with one attached hydrogen (secondary N) is 1. The molecule has 1 N–H and O–H groups in total. The lowest BCUT2D eigenvalue weighted by atomic mass is 10.2. The second-order valence-corrected chi connectivity index (χ2v) is 5.46. The maximum Gasteiger partial charge on any atom is 0.246 e. The normalized spacial score (nSPS) is 10.7. The van der Waals surface area contributed by atoms with E-state index in [4.69, 9.17) is 0 Å². The molecule has 0 aromatic heterocycles. The minimum atomic E-state index is -0.411. The van der Waals surface area contributed by atoms with Gasteiger partial charge < -0.3 is 10.2 Å². The highest BCUT2D eigenvalue weighted by atomic mass is 79.9. The van der Waals surface area contributed by atoms with E-state index in [1.165, 1.54) is 30.2 Å². The second kappa shape index (κ2) is 8.56. The molecular formula is C15H18BrFN2O2. The highest BCUT2D eigenvalue weighted by molar-refractivity contribution is 9.10. The van der Waals surface area contributed by atoms with E-state index in [-0.39, 0.29) is 18.4 Å². The van der Waals surface area contributed by atoms with E-state index < -0.39 is 5.82 Å². The molecule has 0 atom stereocenters. The van der Waals surface area contributed by atoms with Gasteiger partial charge in [-0.25, -0.2) is 4.39 Å². The van der Waals surface area contributed by atoms with Crippen molar-refractivity contribution in [2.45, 2.75) is 13.3 Å². The van der Waals surface area contributed by atoms with Crippen LogP contribution in [0.2, 0.25) is 0 Å². The second-order valence-electron chi connectivity index (χ2n) is 4.54. The lowest BCUT2D eigenvalue weighted by Crippen LogP contribution is -2.37. The zero-order valence-electron chi connectivity index (χ0n) is 12.0. The molecule has 0 aliphatic heterocycles. The monoisotopic (exact) mass is 356 g/mol. The Morgan fingerprint density at radius 3 is 2.81 bits per heavy atom. The van der Waals surface area contributed by atoms with Crippen molar-refractivity contribution in [1.29, 1.82) is 0 Å². The van der Waals surface area contributed by atoms with E-state index in [0.29, 0.717) is 12.1 Å². The molecule has 21 heavy (non-hydrogen) atoms. The third kappa shape index (κ3) is 6.08. The largest absolute Gasteiger partial charge is 0.355 e. The number of rotatable bonds is 6. The van der Waals surface area contributed by atoms with Crippen molar-refractivity contribution in [3.05, 3.63) is 40.1 Å². The van der Waals surface area contributed by atoms with Gasteiger partial charge in [0.05, 0.1) is 6.54 Å². The van der Waals surface area contributed by atoms with Gasteiger partial charge >= 0.3 is 0 Å². The smallest absolute Gasteiger partial charge is 0.246 e. The Kier molecular flexibility index (Phi) is 7.08. The van der Waals surface area contributed by atoms with Crippen LogP contribution in [0.15, 0.2) is 28.7 Å². The van der Waals surface area contributed by atoms with E-state index in [0.717, 1.165) is 10.9 Å². The molecule has 6 heteroatoms.